The molecule has 0 amide bonds. The van der Waals surface area contributed by atoms with Crippen LogP contribution >= 0.6 is 0 Å². The topological polar surface area (TPSA) is 15.3 Å². The van der Waals surface area contributed by atoms with Gasteiger partial charge in [0.1, 0.15) is 0 Å². The lowest BCUT2D eigenvalue weighted by molar-refractivity contribution is 0.211. The van der Waals surface area contributed by atoms with Gasteiger partial charge in [0.15, 0.2) is 0 Å². The van der Waals surface area contributed by atoms with Gasteiger partial charge in [0.2, 0.25) is 0 Å². The lowest BCUT2D eigenvalue weighted by Crippen LogP contribution is -2.42. The average molecular weight is 258 g/mol. The minimum Gasteiger partial charge on any atom is -0.310 e. The molecule has 2 rings (SSSR count). The van der Waals surface area contributed by atoms with Crippen LogP contribution < -0.4 is 5.32 Å². The molecule has 2 heteroatoms. The summed E-state index contributed by atoms with van der Waals surface area (Å²) in [7, 11) is 0. The molecule has 1 saturated heterocycles. The van der Waals surface area contributed by atoms with Gasteiger partial charge in [-0.2, -0.15) is 0 Å². The first kappa shape index (κ1) is 14.3. The second-order valence-electron chi connectivity index (χ2n) is 5.87. The molecule has 0 spiro atoms. The van der Waals surface area contributed by atoms with E-state index < -0.39 is 0 Å². The number of benzene rings is 1. The van der Waals surface area contributed by atoms with Crippen LogP contribution in [0, 0.1) is 6.92 Å². The molecule has 0 saturated carbocycles. The summed E-state index contributed by atoms with van der Waals surface area (Å²) in [5.74, 6) is 0. The molecule has 1 N–H and O–H groups in total. The SMILES string of the molecule is C=C(C)CN1CCC(NCc2ccc(C)cc2)CC1. The zero-order valence-electron chi connectivity index (χ0n) is 12.3. The van der Waals surface area contributed by atoms with E-state index in [0.29, 0.717) is 6.04 Å². The standard InChI is InChI=1S/C17H26N2/c1-14(2)13-19-10-8-17(9-11-19)18-12-16-6-4-15(3)5-7-16/h4-7,17-18H,1,8-13H2,2-3H3. The Morgan fingerprint density at radius 3 is 2.47 bits per heavy atom. The number of nitrogens with one attached hydrogen (secondary N) is 1. The van der Waals surface area contributed by atoms with Crippen molar-refractivity contribution < 1.29 is 0 Å². The average Bonchev–Trinajstić information content (AvgIpc) is 2.39. The molecule has 1 aliphatic rings. The quantitative estimate of drug-likeness (QED) is 0.816. The van der Waals surface area contributed by atoms with Gasteiger partial charge in [-0.05, 0) is 45.3 Å². The van der Waals surface area contributed by atoms with Crippen LogP contribution in [0.5, 0.6) is 0 Å². The lowest BCUT2D eigenvalue weighted by Gasteiger charge is -2.32. The summed E-state index contributed by atoms with van der Waals surface area (Å²) in [6, 6.07) is 9.48. The van der Waals surface area contributed by atoms with Gasteiger partial charge in [-0.1, -0.05) is 42.0 Å². The number of likely N-dealkylation sites (tertiary alicyclic amines) is 1. The van der Waals surface area contributed by atoms with E-state index in [-0.39, 0.29) is 0 Å². The molecular weight excluding hydrogens is 232 g/mol. The van der Waals surface area contributed by atoms with Gasteiger partial charge in [0.05, 0.1) is 0 Å². The summed E-state index contributed by atoms with van der Waals surface area (Å²) in [6.45, 7) is 12.7. The Labute approximate surface area is 117 Å². The van der Waals surface area contributed by atoms with Crippen LogP contribution in [0.15, 0.2) is 36.4 Å². The normalized spacial score (nSPS) is 17.6. The molecule has 0 atom stereocenters. The fraction of sp³-hybridized carbons (Fsp3) is 0.529. The van der Waals surface area contributed by atoms with Gasteiger partial charge in [0.25, 0.3) is 0 Å². The third kappa shape index (κ3) is 4.81. The van der Waals surface area contributed by atoms with Crippen LogP contribution in [0.2, 0.25) is 0 Å². The molecule has 1 aromatic rings. The molecule has 104 valence electrons. The Bertz CT molecular complexity index is 400. The summed E-state index contributed by atoms with van der Waals surface area (Å²) in [5.41, 5.74) is 3.98. The second kappa shape index (κ2) is 6.88. The van der Waals surface area contributed by atoms with Crippen LogP contribution in [-0.4, -0.2) is 30.6 Å². The van der Waals surface area contributed by atoms with E-state index in [1.165, 1.54) is 42.6 Å². The van der Waals surface area contributed by atoms with Gasteiger partial charge in [-0.25, -0.2) is 0 Å². The molecule has 0 aromatic heterocycles. The zero-order valence-corrected chi connectivity index (χ0v) is 12.3. The first-order chi connectivity index (χ1) is 9.13. The van der Waals surface area contributed by atoms with Crippen molar-refractivity contribution in [2.45, 2.75) is 39.3 Å². The van der Waals surface area contributed by atoms with Gasteiger partial charge < -0.3 is 5.32 Å². The van der Waals surface area contributed by atoms with E-state index in [1.54, 1.807) is 0 Å². The Kier molecular flexibility index (Phi) is 5.17. The highest BCUT2D eigenvalue weighted by molar-refractivity contribution is 5.21. The molecule has 0 unspecified atom stereocenters. The fourth-order valence-corrected chi connectivity index (χ4v) is 2.65. The summed E-state index contributed by atoms with van der Waals surface area (Å²) >= 11 is 0. The Hall–Kier alpha value is -1.12. The summed E-state index contributed by atoms with van der Waals surface area (Å²) in [4.78, 5) is 2.51. The van der Waals surface area contributed by atoms with Crippen LogP contribution in [-0.2, 0) is 6.54 Å². The summed E-state index contributed by atoms with van der Waals surface area (Å²) in [6.07, 6.45) is 2.50. The number of hydrogen-bond acceptors (Lipinski definition) is 2. The number of rotatable bonds is 5. The van der Waals surface area contributed by atoms with Crippen LogP contribution in [0.4, 0.5) is 0 Å². The van der Waals surface area contributed by atoms with Crippen LogP contribution in [0.25, 0.3) is 0 Å². The van der Waals surface area contributed by atoms with E-state index in [1.807, 2.05) is 0 Å². The largest absolute Gasteiger partial charge is 0.310 e. The number of aryl methyl sites for hydroxylation is 1. The van der Waals surface area contributed by atoms with Crippen molar-refractivity contribution in [3.63, 3.8) is 0 Å². The molecule has 1 aliphatic heterocycles. The Balaban J connectivity index is 1.71. The highest BCUT2D eigenvalue weighted by Gasteiger charge is 2.18. The minimum atomic E-state index is 0.669. The molecule has 1 aromatic carbocycles. The van der Waals surface area contributed by atoms with E-state index >= 15 is 0 Å². The van der Waals surface area contributed by atoms with Crippen LogP contribution in [0.1, 0.15) is 30.9 Å². The third-order valence-electron chi connectivity index (χ3n) is 3.80. The van der Waals surface area contributed by atoms with Gasteiger partial charge in [-0.15, -0.1) is 0 Å². The van der Waals surface area contributed by atoms with Crippen molar-refractivity contribution in [1.29, 1.82) is 0 Å². The van der Waals surface area contributed by atoms with Crippen LogP contribution in [0.3, 0.4) is 0 Å². The maximum atomic E-state index is 3.99. The first-order valence-electron chi connectivity index (χ1n) is 7.29. The van der Waals surface area contributed by atoms with Crippen molar-refractivity contribution >= 4 is 0 Å². The van der Waals surface area contributed by atoms with Crippen molar-refractivity contribution in [2.24, 2.45) is 0 Å². The molecule has 19 heavy (non-hydrogen) atoms. The van der Waals surface area contributed by atoms with Crippen molar-refractivity contribution in [1.82, 2.24) is 10.2 Å². The highest BCUT2D eigenvalue weighted by Crippen LogP contribution is 2.12. The number of piperidine rings is 1. The smallest absolute Gasteiger partial charge is 0.0208 e. The maximum Gasteiger partial charge on any atom is 0.0208 e. The number of nitrogens with zero attached hydrogens (tertiary/aromatic N) is 1. The molecule has 1 heterocycles. The third-order valence-corrected chi connectivity index (χ3v) is 3.80. The summed E-state index contributed by atoms with van der Waals surface area (Å²) < 4.78 is 0. The summed E-state index contributed by atoms with van der Waals surface area (Å²) in [5, 5.41) is 3.68. The van der Waals surface area contributed by atoms with E-state index in [9.17, 15) is 0 Å². The van der Waals surface area contributed by atoms with Gasteiger partial charge in [-0.3, -0.25) is 4.90 Å². The van der Waals surface area contributed by atoms with Crippen molar-refractivity contribution in [3.8, 4) is 0 Å². The molecule has 2 nitrogen and oxygen atoms in total. The molecule has 0 aliphatic carbocycles. The van der Waals surface area contributed by atoms with Gasteiger partial charge >= 0.3 is 0 Å². The van der Waals surface area contributed by atoms with Crippen molar-refractivity contribution in [2.75, 3.05) is 19.6 Å². The maximum absolute atomic E-state index is 3.99. The predicted molar refractivity (Wildman–Crippen MR) is 82.3 cm³/mol. The lowest BCUT2D eigenvalue weighted by atomic mass is 10.0. The van der Waals surface area contributed by atoms with Crippen molar-refractivity contribution in [3.05, 3.63) is 47.5 Å². The molecule has 0 bridgehead atoms. The first-order valence-corrected chi connectivity index (χ1v) is 7.29. The van der Waals surface area contributed by atoms with E-state index in [2.05, 4.69) is 54.9 Å². The number of hydrogen-bond donors (Lipinski definition) is 1. The second-order valence-corrected chi connectivity index (χ2v) is 5.87. The molecule has 1 fully saturated rings. The Morgan fingerprint density at radius 2 is 1.89 bits per heavy atom. The molecular formula is C17H26N2. The molecule has 0 radical (unpaired) electrons. The zero-order chi connectivity index (χ0) is 13.7. The highest BCUT2D eigenvalue weighted by atomic mass is 15.1. The predicted octanol–water partition coefficient (Wildman–Crippen LogP) is 3.13. The fourth-order valence-electron chi connectivity index (χ4n) is 2.65. The monoisotopic (exact) mass is 258 g/mol. The Morgan fingerprint density at radius 1 is 1.26 bits per heavy atom. The minimum absolute atomic E-state index is 0.669. The van der Waals surface area contributed by atoms with E-state index in [0.717, 1.165) is 13.1 Å². The van der Waals surface area contributed by atoms with E-state index in [4.69, 9.17) is 0 Å². The van der Waals surface area contributed by atoms with Gasteiger partial charge in [0, 0.05) is 19.1 Å².